The Balaban J connectivity index is 1.92. The van der Waals surface area contributed by atoms with Crippen LogP contribution in [-0.2, 0) is 16.0 Å². The molecule has 1 amide bonds. The number of aromatic nitrogens is 2. The topological polar surface area (TPSA) is 85.7 Å². The van der Waals surface area contributed by atoms with Gasteiger partial charge in [-0.15, -0.1) is 0 Å². The third kappa shape index (κ3) is 5.42. The molecule has 2 rings (SSSR count). The third-order valence-corrected chi connectivity index (χ3v) is 3.62. The van der Waals surface area contributed by atoms with Crippen LogP contribution >= 0.6 is 0 Å². The Bertz CT molecular complexity index is 569. The van der Waals surface area contributed by atoms with Crippen LogP contribution in [0.5, 0.6) is 0 Å². The van der Waals surface area contributed by atoms with Crippen molar-refractivity contribution in [2.24, 2.45) is 0 Å². The van der Waals surface area contributed by atoms with Gasteiger partial charge < -0.3 is 14.8 Å². The van der Waals surface area contributed by atoms with E-state index in [9.17, 15) is 9.59 Å². The van der Waals surface area contributed by atoms with Crippen molar-refractivity contribution < 1.29 is 14.3 Å². The zero-order chi connectivity index (χ0) is 16.7. The first-order chi connectivity index (χ1) is 11.1. The molecule has 1 aromatic rings. The van der Waals surface area contributed by atoms with E-state index in [1.54, 1.807) is 7.11 Å². The van der Waals surface area contributed by atoms with E-state index in [-0.39, 0.29) is 23.2 Å². The van der Waals surface area contributed by atoms with E-state index in [4.69, 9.17) is 9.47 Å². The van der Waals surface area contributed by atoms with Crippen LogP contribution in [0.15, 0.2) is 16.9 Å². The number of hydrogen-bond acceptors (Lipinski definition) is 6. The highest BCUT2D eigenvalue weighted by Gasteiger charge is 2.17. The molecule has 1 N–H and O–H groups in total. The van der Waals surface area contributed by atoms with E-state index in [0.717, 1.165) is 32.8 Å². The largest absolute Gasteiger partial charge is 0.383 e. The molecule has 1 aliphatic rings. The van der Waals surface area contributed by atoms with Crippen LogP contribution in [0.3, 0.4) is 0 Å². The number of nitrogens with one attached hydrogen (secondary N) is 1. The summed E-state index contributed by atoms with van der Waals surface area (Å²) >= 11 is 0. The van der Waals surface area contributed by atoms with Gasteiger partial charge in [0, 0.05) is 38.9 Å². The highest BCUT2D eigenvalue weighted by Crippen LogP contribution is 2.00. The number of nitrogens with zero attached hydrogens (tertiary/aromatic N) is 3. The lowest BCUT2D eigenvalue weighted by atomic mass is 10.2. The van der Waals surface area contributed by atoms with Crippen molar-refractivity contribution in [3.05, 3.63) is 28.2 Å². The smallest absolute Gasteiger partial charge is 0.271 e. The van der Waals surface area contributed by atoms with E-state index >= 15 is 0 Å². The molecule has 0 radical (unpaired) electrons. The summed E-state index contributed by atoms with van der Waals surface area (Å²) in [5.74, 6) is -0.281. The zero-order valence-electron chi connectivity index (χ0n) is 13.7. The fourth-order valence-electron chi connectivity index (χ4n) is 2.42. The molecule has 1 aromatic heterocycles. The first kappa shape index (κ1) is 17.6. The summed E-state index contributed by atoms with van der Waals surface area (Å²) in [7, 11) is 1.55. The summed E-state index contributed by atoms with van der Waals surface area (Å²) < 4.78 is 11.5. The molecule has 0 aliphatic carbocycles. The minimum absolute atomic E-state index is 0.0123. The van der Waals surface area contributed by atoms with Crippen LogP contribution in [0.4, 0.5) is 0 Å². The molecule has 1 fully saturated rings. The fraction of sp³-hybridized carbons (Fsp3) is 0.667. The van der Waals surface area contributed by atoms with Crippen molar-refractivity contribution in [1.82, 2.24) is 20.0 Å². The van der Waals surface area contributed by atoms with E-state index < -0.39 is 0 Å². The predicted molar refractivity (Wildman–Crippen MR) is 84.6 cm³/mol. The minimum Gasteiger partial charge on any atom is -0.383 e. The second kappa shape index (κ2) is 8.76. The van der Waals surface area contributed by atoms with Gasteiger partial charge in [0.15, 0.2) is 0 Å². The number of amides is 1. The lowest BCUT2D eigenvalue weighted by Crippen LogP contribution is -2.46. The fourth-order valence-corrected chi connectivity index (χ4v) is 2.42. The Hall–Kier alpha value is -1.77. The van der Waals surface area contributed by atoms with Gasteiger partial charge in [0.1, 0.15) is 5.69 Å². The van der Waals surface area contributed by atoms with Gasteiger partial charge in [-0.1, -0.05) is 0 Å². The summed E-state index contributed by atoms with van der Waals surface area (Å²) in [6.45, 7) is 6.61. The monoisotopic (exact) mass is 324 g/mol. The lowest BCUT2D eigenvalue weighted by Gasteiger charge is -2.29. The van der Waals surface area contributed by atoms with Gasteiger partial charge in [-0.25, -0.2) is 4.68 Å². The Morgan fingerprint density at radius 1 is 1.43 bits per heavy atom. The maximum atomic E-state index is 12.3. The van der Waals surface area contributed by atoms with Crippen molar-refractivity contribution in [2.45, 2.75) is 19.5 Å². The second-order valence-corrected chi connectivity index (χ2v) is 5.56. The molecule has 128 valence electrons. The molecular weight excluding hydrogens is 300 g/mol. The Labute approximate surface area is 135 Å². The number of morpholine rings is 1. The van der Waals surface area contributed by atoms with E-state index in [0.29, 0.717) is 13.2 Å². The van der Waals surface area contributed by atoms with E-state index in [2.05, 4.69) is 15.3 Å². The Morgan fingerprint density at radius 3 is 2.87 bits per heavy atom. The van der Waals surface area contributed by atoms with E-state index in [1.807, 2.05) is 6.92 Å². The number of hydrogen-bond donors (Lipinski definition) is 1. The molecular formula is C15H24N4O4. The van der Waals surface area contributed by atoms with Gasteiger partial charge in [0.25, 0.3) is 11.5 Å². The van der Waals surface area contributed by atoms with Crippen LogP contribution < -0.4 is 10.9 Å². The molecule has 0 aromatic carbocycles. The van der Waals surface area contributed by atoms with Crippen LogP contribution in [0.25, 0.3) is 0 Å². The maximum absolute atomic E-state index is 12.3. The van der Waals surface area contributed by atoms with Gasteiger partial charge in [0.05, 0.1) is 26.4 Å². The summed E-state index contributed by atoms with van der Waals surface area (Å²) in [5, 5.41) is 7.00. The van der Waals surface area contributed by atoms with Crippen molar-refractivity contribution in [3.8, 4) is 0 Å². The first-order valence-corrected chi connectivity index (χ1v) is 7.78. The van der Waals surface area contributed by atoms with Gasteiger partial charge in [-0.3, -0.25) is 14.5 Å². The zero-order valence-corrected chi connectivity index (χ0v) is 13.7. The number of methoxy groups -OCH3 is 1. The van der Waals surface area contributed by atoms with Gasteiger partial charge >= 0.3 is 0 Å². The summed E-state index contributed by atoms with van der Waals surface area (Å²) in [6.07, 6.45) is 0. The third-order valence-electron chi connectivity index (χ3n) is 3.62. The lowest BCUT2D eigenvalue weighted by molar-refractivity contribution is 0.0342. The molecule has 1 atom stereocenters. The highest BCUT2D eigenvalue weighted by atomic mass is 16.5. The van der Waals surface area contributed by atoms with Crippen LogP contribution in [0.1, 0.15) is 17.4 Å². The highest BCUT2D eigenvalue weighted by molar-refractivity contribution is 5.92. The normalized spacial score (nSPS) is 17.0. The molecule has 1 saturated heterocycles. The van der Waals surface area contributed by atoms with Gasteiger partial charge in [-0.2, -0.15) is 5.10 Å². The molecule has 1 aliphatic heterocycles. The number of carbonyl (C=O) groups excluding carboxylic acids is 1. The standard InChI is InChI=1S/C15H24N4O4/c1-12(11-18-5-9-23-10-6-18)16-15(21)13-3-4-14(20)19(17-13)7-8-22-2/h3-4,12H,5-11H2,1-2H3,(H,16,21). The molecule has 8 heteroatoms. The van der Waals surface area contributed by atoms with Crippen molar-refractivity contribution in [2.75, 3.05) is 46.6 Å². The summed E-state index contributed by atoms with van der Waals surface area (Å²) in [6, 6.07) is 2.79. The number of carbonyl (C=O) groups is 1. The predicted octanol–water partition coefficient (Wildman–Crippen LogP) is -0.660. The van der Waals surface area contributed by atoms with Gasteiger partial charge in [0.2, 0.25) is 0 Å². The van der Waals surface area contributed by atoms with Crippen LogP contribution in [-0.4, -0.2) is 73.2 Å². The van der Waals surface area contributed by atoms with Crippen LogP contribution in [0, 0.1) is 0 Å². The van der Waals surface area contributed by atoms with E-state index in [1.165, 1.54) is 16.8 Å². The average Bonchev–Trinajstić information content (AvgIpc) is 2.54. The maximum Gasteiger partial charge on any atom is 0.271 e. The molecule has 0 saturated carbocycles. The Morgan fingerprint density at radius 2 is 2.17 bits per heavy atom. The molecule has 8 nitrogen and oxygen atoms in total. The molecule has 2 heterocycles. The molecule has 0 spiro atoms. The summed E-state index contributed by atoms with van der Waals surface area (Å²) in [5.41, 5.74) is -0.0190. The summed E-state index contributed by atoms with van der Waals surface area (Å²) in [4.78, 5) is 26.2. The molecule has 1 unspecified atom stereocenters. The van der Waals surface area contributed by atoms with Crippen molar-refractivity contribution >= 4 is 5.91 Å². The van der Waals surface area contributed by atoms with Crippen molar-refractivity contribution in [1.29, 1.82) is 0 Å². The quantitative estimate of drug-likeness (QED) is 0.717. The van der Waals surface area contributed by atoms with Crippen molar-refractivity contribution in [3.63, 3.8) is 0 Å². The van der Waals surface area contributed by atoms with Crippen LogP contribution in [0.2, 0.25) is 0 Å². The molecule has 23 heavy (non-hydrogen) atoms. The molecule has 0 bridgehead atoms. The average molecular weight is 324 g/mol. The SMILES string of the molecule is COCCn1nc(C(=O)NC(C)CN2CCOCC2)ccc1=O. The van der Waals surface area contributed by atoms with Gasteiger partial charge in [-0.05, 0) is 13.0 Å². The minimum atomic E-state index is -0.281. The second-order valence-electron chi connectivity index (χ2n) is 5.56. The first-order valence-electron chi connectivity index (χ1n) is 7.78. The number of ether oxygens (including phenoxy) is 2. The Kier molecular flexibility index (Phi) is 6.69. The number of rotatable bonds is 7.